The zero-order valence-electron chi connectivity index (χ0n) is 11.6. The van der Waals surface area contributed by atoms with Crippen LogP contribution in [-0.4, -0.2) is 23.5 Å². The summed E-state index contributed by atoms with van der Waals surface area (Å²) in [5, 5.41) is 3.01. The summed E-state index contributed by atoms with van der Waals surface area (Å²) in [6.45, 7) is 5.06. The van der Waals surface area contributed by atoms with Crippen molar-refractivity contribution in [1.82, 2.24) is 4.90 Å². The van der Waals surface area contributed by atoms with Crippen LogP contribution in [0, 0.1) is 6.92 Å². The van der Waals surface area contributed by atoms with Crippen molar-refractivity contribution in [3.8, 4) is 0 Å². The lowest BCUT2D eigenvalue weighted by molar-refractivity contribution is 0.160. The fourth-order valence-corrected chi connectivity index (χ4v) is 3.19. The molecule has 3 nitrogen and oxygen atoms in total. The van der Waals surface area contributed by atoms with Gasteiger partial charge in [0.2, 0.25) is 0 Å². The van der Waals surface area contributed by atoms with Gasteiger partial charge in [-0.25, -0.2) is 4.79 Å². The van der Waals surface area contributed by atoms with Crippen LogP contribution in [0.15, 0.2) is 22.7 Å². The molecule has 4 heteroatoms. The quantitative estimate of drug-likeness (QED) is 0.850. The van der Waals surface area contributed by atoms with E-state index in [0.29, 0.717) is 6.04 Å². The molecule has 0 spiro atoms. The van der Waals surface area contributed by atoms with Crippen LogP contribution in [0.4, 0.5) is 10.5 Å². The van der Waals surface area contributed by atoms with Gasteiger partial charge in [0.15, 0.2) is 0 Å². The second-order valence-electron chi connectivity index (χ2n) is 5.16. The number of carbonyl (C=O) groups excluding carboxylic acids is 1. The second kappa shape index (κ2) is 6.42. The first-order valence-corrected chi connectivity index (χ1v) is 7.75. The van der Waals surface area contributed by atoms with Gasteiger partial charge in [-0.15, -0.1) is 0 Å². The summed E-state index contributed by atoms with van der Waals surface area (Å²) in [6.07, 6.45) is 4.50. The largest absolute Gasteiger partial charge is 0.322 e. The van der Waals surface area contributed by atoms with Gasteiger partial charge in [0.25, 0.3) is 0 Å². The van der Waals surface area contributed by atoms with Gasteiger partial charge in [0.1, 0.15) is 0 Å². The minimum Gasteiger partial charge on any atom is -0.322 e. The third-order valence-electron chi connectivity index (χ3n) is 3.73. The van der Waals surface area contributed by atoms with E-state index in [2.05, 4.69) is 28.2 Å². The number of rotatable bonds is 2. The van der Waals surface area contributed by atoms with E-state index in [1.165, 1.54) is 12.0 Å². The predicted octanol–water partition coefficient (Wildman–Crippen LogP) is 4.55. The number of urea groups is 1. The lowest BCUT2D eigenvalue weighted by atomic mass is 10.0. The molecule has 0 radical (unpaired) electrons. The number of benzene rings is 1. The second-order valence-corrected chi connectivity index (χ2v) is 6.02. The molecule has 0 bridgehead atoms. The Balaban J connectivity index is 2.07. The topological polar surface area (TPSA) is 32.3 Å². The summed E-state index contributed by atoms with van der Waals surface area (Å²) in [7, 11) is 0. The molecule has 1 aromatic carbocycles. The van der Waals surface area contributed by atoms with E-state index in [4.69, 9.17) is 0 Å². The number of hydrogen-bond donors (Lipinski definition) is 1. The highest BCUT2D eigenvalue weighted by Gasteiger charge is 2.25. The number of anilines is 1. The maximum Gasteiger partial charge on any atom is 0.322 e. The molecule has 0 saturated carbocycles. The molecule has 104 valence electrons. The van der Waals surface area contributed by atoms with Crippen molar-refractivity contribution in [2.45, 2.75) is 45.6 Å². The lowest BCUT2D eigenvalue weighted by Crippen LogP contribution is -2.45. The molecule has 1 aromatic rings. The van der Waals surface area contributed by atoms with Crippen molar-refractivity contribution in [3.05, 3.63) is 28.2 Å². The van der Waals surface area contributed by atoms with Crippen LogP contribution >= 0.6 is 15.9 Å². The van der Waals surface area contributed by atoms with Crippen LogP contribution in [0.1, 0.15) is 38.2 Å². The number of aryl methyl sites for hydroxylation is 1. The average molecular weight is 325 g/mol. The summed E-state index contributed by atoms with van der Waals surface area (Å²) in [5.74, 6) is 0. The van der Waals surface area contributed by atoms with Crippen molar-refractivity contribution >= 4 is 27.6 Å². The van der Waals surface area contributed by atoms with Crippen LogP contribution in [0.3, 0.4) is 0 Å². The molecule has 1 saturated heterocycles. The number of carbonyl (C=O) groups is 1. The Bertz CT molecular complexity index is 461. The number of nitrogens with one attached hydrogen (secondary N) is 1. The third-order valence-corrected chi connectivity index (χ3v) is 4.38. The van der Waals surface area contributed by atoms with Crippen molar-refractivity contribution in [2.75, 3.05) is 11.9 Å². The number of nitrogens with zero attached hydrogens (tertiary/aromatic N) is 1. The normalized spacial score (nSPS) is 19.3. The Hall–Kier alpha value is -1.03. The van der Waals surface area contributed by atoms with E-state index in [0.717, 1.165) is 36.0 Å². The molecular weight excluding hydrogens is 304 g/mol. The summed E-state index contributed by atoms with van der Waals surface area (Å²) in [5.41, 5.74) is 2.02. The molecule has 2 amide bonds. The van der Waals surface area contributed by atoms with Gasteiger partial charge in [0, 0.05) is 17.1 Å². The molecule has 2 rings (SSSR count). The summed E-state index contributed by atoms with van der Waals surface area (Å²) in [4.78, 5) is 14.3. The first-order chi connectivity index (χ1) is 9.11. The summed E-state index contributed by atoms with van der Waals surface area (Å²) >= 11 is 3.50. The molecule has 1 heterocycles. The number of halogens is 1. The Morgan fingerprint density at radius 2 is 2.26 bits per heavy atom. The minimum absolute atomic E-state index is 0.0242. The fourth-order valence-electron chi connectivity index (χ4n) is 2.60. The van der Waals surface area contributed by atoms with Gasteiger partial charge in [-0.2, -0.15) is 0 Å². The lowest BCUT2D eigenvalue weighted by Gasteiger charge is -2.35. The van der Waals surface area contributed by atoms with Crippen LogP contribution < -0.4 is 5.32 Å². The van der Waals surface area contributed by atoms with E-state index in [9.17, 15) is 4.79 Å². The fraction of sp³-hybridized carbons (Fsp3) is 0.533. The van der Waals surface area contributed by atoms with Gasteiger partial charge in [-0.3, -0.25) is 0 Å². The molecule has 1 fully saturated rings. The highest BCUT2D eigenvalue weighted by molar-refractivity contribution is 9.10. The maximum atomic E-state index is 12.4. The van der Waals surface area contributed by atoms with Crippen molar-refractivity contribution < 1.29 is 4.79 Å². The molecule has 0 aromatic heterocycles. The van der Waals surface area contributed by atoms with Gasteiger partial charge in [-0.05, 0) is 66.2 Å². The average Bonchev–Trinajstić information content (AvgIpc) is 2.41. The molecule has 1 unspecified atom stereocenters. The van der Waals surface area contributed by atoms with E-state index >= 15 is 0 Å². The smallest absolute Gasteiger partial charge is 0.322 e. The SMILES string of the molecule is CCC1CCCCN1C(=O)Nc1ccc(C)cc1Br. The molecule has 1 atom stereocenters. The number of hydrogen-bond acceptors (Lipinski definition) is 1. The Kier molecular flexibility index (Phi) is 4.86. The van der Waals surface area contributed by atoms with Crippen molar-refractivity contribution in [3.63, 3.8) is 0 Å². The molecule has 1 aliphatic rings. The summed E-state index contributed by atoms with van der Waals surface area (Å²) < 4.78 is 0.936. The molecular formula is C15H21BrN2O. The van der Waals surface area contributed by atoms with Crippen LogP contribution in [-0.2, 0) is 0 Å². The van der Waals surface area contributed by atoms with E-state index in [1.807, 2.05) is 30.0 Å². The van der Waals surface area contributed by atoms with Crippen LogP contribution in [0.2, 0.25) is 0 Å². The molecule has 0 aliphatic carbocycles. The predicted molar refractivity (Wildman–Crippen MR) is 82.5 cm³/mol. The van der Waals surface area contributed by atoms with Gasteiger partial charge in [-0.1, -0.05) is 13.0 Å². The number of likely N-dealkylation sites (tertiary alicyclic amines) is 1. The van der Waals surface area contributed by atoms with Gasteiger partial charge in [0.05, 0.1) is 5.69 Å². The summed E-state index contributed by atoms with van der Waals surface area (Å²) in [6, 6.07) is 6.38. The standard InChI is InChI=1S/C15H21BrN2O/c1-3-12-6-4-5-9-18(12)15(19)17-14-8-7-11(2)10-13(14)16/h7-8,10,12H,3-6,9H2,1-2H3,(H,17,19). The minimum atomic E-state index is 0.0242. The van der Waals surface area contributed by atoms with E-state index < -0.39 is 0 Å². The highest BCUT2D eigenvalue weighted by atomic mass is 79.9. The van der Waals surface area contributed by atoms with Gasteiger partial charge >= 0.3 is 6.03 Å². The van der Waals surface area contributed by atoms with Crippen LogP contribution in [0.5, 0.6) is 0 Å². The van der Waals surface area contributed by atoms with Crippen molar-refractivity contribution in [1.29, 1.82) is 0 Å². The highest BCUT2D eigenvalue weighted by Crippen LogP contribution is 2.25. The Morgan fingerprint density at radius 1 is 1.47 bits per heavy atom. The Labute approximate surface area is 123 Å². The first kappa shape index (κ1) is 14.4. The monoisotopic (exact) mass is 324 g/mol. The molecule has 1 N–H and O–H groups in total. The Morgan fingerprint density at radius 3 is 2.95 bits per heavy atom. The van der Waals surface area contributed by atoms with Crippen LogP contribution in [0.25, 0.3) is 0 Å². The van der Waals surface area contributed by atoms with E-state index in [-0.39, 0.29) is 6.03 Å². The van der Waals surface area contributed by atoms with Gasteiger partial charge < -0.3 is 10.2 Å². The third kappa shape index (κ3) is 3.50. The molecule has 19 heavy (non-hydrogen) atoms. The molecule has 1 aliphatic heterocycles. The number of amides is 2. The number of piperidine rings is 1. The first-order valence-electron chi connectivity index (χ1n) is 6.95. The zero-order valence-corrected chi connectivity index (χ0v) is 13.2. The maximum absolute atomic E-state index is 12.4. The van der Waals surface area contributed by atoms with Crippen molar-refractivity contribution in [2.24, 2.45) is 0 Å². The zero-order chi connectivity index (χ0) is 13.8. The van der Waals surface area contributed by atoms with E-state index in [1.54, 1.807) is 0 Å².